The highest BCUT2D eigenvalue weighted by molar-refractivity contribution is 7.91. The van der Waals surface area contributed by atoms with Crippen LogP contribution in [0.2, 0.25) is 0 Å². The summed E-state index contributed by atoms with van der Waals surface area (Å²) in [5, 5.41) is 0. The second-order valence-electron chi connectivity index (χ2n) is 8.34. The lowest BCUT2D eigenvalue weighted by Gasteiger charge is -2.46. The Hall–Kier alpha value is -1.40. The van der Waals surface area contributed by atoms with Crippen molar-refractivity contribution in [1.29, 1.82) is 0 Å². The molecule has 3 fully saturated rings. The van der Waals surface area contributed by atoms with Crippen LogP contribution in [0.5, 0.6) is 0 Å². The van der Waals surface area contributed by atoms with Crippen molar-refractivity contribution in [3.05, 3.63) is 34.9 Å². The molecule has 0 bridgehead atoms. The molecule has 1 amide bonds. The molecular formula is C20H28N2O3S. The minimum absolute atomic E-state index is 0.0707. The summed E-state index contributed by atoms with van der Waals surface area (Å²) in [6.45, 7) is 6.34. The normalized spacial score (nSPS) is 28.6. The Morgan fingerprint density at radius 2 is 1.69 bits per heavy atom. The fourth-order valence-corrected chi connectivity index (χ4v) is 6.79. The van der Waals surface area contributed by atoms with E-state index in [1.54, 1.807) is 0 Å². The maximum Gasteiger partial charge on any atom is 0.226 e. The van der Waals surface area contributed by atoms with Gasteiger partial charge in [0, 0.05) is 31.6 Å². The SMILES string of the molecule is Cc1cc(C)cc(CN2CCN(C(=O)C3CCC3)[C@@H]3CS(=O)(=O)C[C@@H]32)c1. The van der Waals surface area contributed by atoms with Gasteiger partial charge >= 0.3 is 0 Å². The van der Waals surface area contributed by atoms with Crippen molar-refractivity contribution < 1.29 is 13.2 Å². The maximum absolute atomic E-state index is 12.8. The molecular weight excluding hydrogens is 348 g/mol. The van der Waals surface area contributed by atoms with Crippen LogP contribution in [-0.4, -0.2) is 60.8 Å². The van der Waals surface area contributed by atoms with Crippen LogP contribution < -0.4 is 0 Å². The predicted molar refractivity (Wildman–Crippen MR) is 102 cm³/mol. The lowest BCUT2D eigenvalue weighted by atomic mass is 9.83. The van der Waals surface area contributed by atoms with E-state index < -0.39 is 9.84 Å². The van der Waals surface area contributed by atoms with E-state index in [2.05, 4.69) is 36.9 Å². The first kappa shape index (κ1) is 18.0. The Morgan fingerprint density at radius 3 is 2.31 bits per heavy atom. The molecule has 0 radical (unpaired) electrons. The molecule has 142 valence electrons. The summed E-state index contributed by atoms with van der Waals surface area (Å²) in [5.41, 5.74) is 3.69. The van der Waals surface area contributed by atoms with Crippen molar-refractivity contribution in [2.24, 2.45) is 5.92 Å². The van der Waals surface area contributed by atoms with Crippen LogP contribution in [0.15, 0.2) is 18.2 Å². The zero-order valence-electron chi connectivity index (χ0n) is 15.6. The average Bonchev–Trinajstić information content (AvgIpc) is 2.80. The fraction of sp³-hybridized carbons (Fsp3) is 0.650. The minimum atomic E-state index is -3.09. The molecule has 1 aliphatic carbocycles. The largest absolute Gasteiger partial charge is 0.336 e. The van der Waals surface area contributed by atoms with Gasteiger partial charge in [-0.05, 0) is 32.3 Å². The number of aryl methyl sites for hydroxylation is 2. The van der Waals surface area contributed by atoms with E-state index in [1.807, 2.05) is 4.90 Å². The van der Waals surface area contributed by atoms with Crippen LogP contribution in [0.25, 0.3) is 0 Å². The third-order valence-electron chi connectivity index (χ3n) is 6.20. The molecule has 0 spiro atoms. The van der Waals surface area contributed by atoms with E-state index in [0.29, 0.717) is 6.54 Å². The van der Waals surface area contributed by atoms with E-state index in [4.69, 9.17) is 0 Å². The van der Waals surface area contributed by atoms with E-state index in [1.165, 1.54) is 16.7 Å². The van der Waals surface area contributed by atoms with Crippen molar-refractivity contribution in [2.75, 3.05) is 24.6 Å². The summed E-state index contributed by atoms with van der Waals surface area (Å²) in [6, 6.07) is 6.27. The zero-order chi connectivity index (χ0) is 18.5. The van der Waals surface area contributed by atoms with Crippen molar-refractivity contribution in [3.8, 4) is 0 Å². The number of carbonyl (C=O) groups is 1. The number of carbonyl (C=O) groups excluding carboxylic acids is 1. The summed E-state index contributed by atoms with van der Waals surface area (Å²) >= 11 is 0. The third kappa shape index (κ3) is 3.41. The van der Waals surface area contributed by atoms with Crippen LogP contribution in [0, 0.1) is 19.8 Å². The van der Waals surface area contributed by atoms with Gasteiger partial charge in [-0.15, -0.1) is 0 Å². The van der Waals surface area contributed by atoms with E-state index in [0.717, 1.165) is 32.4 Å². The van der Waals surface area contributed by atoms with Gasteiger partial charge in [0.2, 0.25) is 5.91 Å². The molecule has 3 aliphatic rings. The average molecular weight is 377 g/mol. The number of rotatable bonds is 3. The fourth-order valence-electron chi connectivity index (χ4n) is 4.78. The minimum Gasteiger partial charge on any atom is -0.336 e. The molecule has 5 nitrogen and oxygen atoms in total. The van der Waals surface area contributed by atoms with Gasteiger partial charge in [0.1, 0.15) is 0 Å². The summed E-state index contributed by atoms with van der Waals surface area (Å²) in [5.74, 6) is 0.621. The van der Waals surface area contributed by atoms with Crippen molar-refractivity contribution >= 4 is 15.7 Å². The van der Waals surface area contributed by atoms with Gasteiger partial charge in [-0.2, -0.15) is 0 Å². The molecule has 2 saturated heterocycles. The smallest absolute Gasteiger partial charge is 0.226 e. The number of hydrogen-bond acceptors (Lipinski definition) is 4. The van der Waals surface area contributed by atoms with Crippen molar-refractivity contribution in [1.82, 2.24) is 9.80 Å². The second-order valence-corrected chi connectivity index (χ2v) is 10.5. The molecule has 2 aliphatic heterocycles. The van der Waals surface area contributed by atoms with Gasteiger partial charge in [-0.1, -0.05) is 35.7 Å². The molecule has 0 N–H and O–H groups in total. The van der Waals surface area contributed by atoms with Crippen LogP contribution in [0.1, 0.15) is 36.0 Å². The lowest BCUT2D eigenvalue weighted by Crippen LogP contribution is -2.61. The molecule has 1 aromatic rings. The summed E-state index contributed by atoms with van der Waals surface area (Å²) in [4.78, 5) is 17.0. The molecule has 0 aromatic heterocycles. The number of sulfone groups is 1. The molecule has 2 heterocycles. The third-order valence-corrected chi connectivity index (χ3v) is 7.89. The number of fused-ring (bicyclic) bond motifs is 1. The number of nitrogens with zero attached hydrogens (tertiary/aromatic N) is 2. The van der Waals surface area contributed by atoms with Gasteiger partial charge in [-0.25, -0.2) is 8.42 Å². The highest BCUT2D eigenvalue weighted by atomic mass is 32.2. The summed E-state index contributed by atoms with van der Waals surface area (Å²) in [6.07, 6.45) is 3.05. The number of piperazine rings is 1. The Balaban J connectivity index is 1.56. The van der Waals surface area contributed by atoms with Crippen LogP contribution in [0.4, 0.5) is 0 Å². The molecule has 4 rings (SSSR count). The van der Waals surface area contributed by atoms with Crippen LogP contribution in [0.3, 0.4) is 0 Å². The van der Waals surface area contributed by atoms with Crippen LogP contribution >= 0.6 is 0 Å². The number of amides is 1. The number of benzene rings is 1. The molecule has 0 unspecified atom stereocenters. The van der Waals surface area contributed by atoms with Gasteiger partial charge < -0.3 is 4.90 Å². The lowest BCUT2D eigenvalue weighted by molar-refractivity contribution is -0.144. The number of hydrogen-bond donors (Lipinski definition) is 0. The zero-order valence-corrected chi connectivity index (χ0v) is 16.5. The van der Waals surface area contributed by atoms with Crippen molar-refractivity contribution in [3.63, 3.8) is 0 Å². The predicted octanol–water partition coefficient (Wildman–Crippen LogP) is 1.91. The molecule has 26 heavy (non-hydrogen) atoms. The molecule has 1 saturated carbocycles. The van der Waals surface area contributed by atoms with Gasteiger partial charge in [0.15, 0.2) is 9.84 Å². The molecule has 2 atom stereocenters. The van der Waals surface area contributed by atoms with E-state index >= 15 is 0 Å². The van der Waals surface area contributed by atoms with E-state index in [-0.39, 0.29) is 35.4 Å². The standard InChI is InChI=1S/C20H28N2O3S/c1-14-8-15(2)10-16(9-14)11-21-6-7-22(20(23)17-4-3-5-17)19-13-26(24,25)12-18(19)21/h8-10,17-19H,3-7,11-13H2,1-2H3/t18-,19+/m0/s1. The van der Waals surface area contributed by atoms with Gasteiger partial charge in [0.05, 0.1) is 17.5 Å². The second kappa shape index (κ2) is 6.64. The van der Waals surface area contributed by atoms with Gasteiger partial charge in [0.25, 0.3) is 0 Å². The Bertz CT molecular complexity index is 796. The Morgan fingerprint density at radius 1 is 1.04 bits per heavy atom. The quantitative estimate of drug-likeness (QED) is 0.809. The van der Waals surface area contributed by atoms with E-state index in [9.17, 15) is 13.2 Å². The maximum atomic E-state index is 12.8. The van der Waals surface area contributed by atoms with Crippen LogP contribution in [-0.2, 0) is 21.2 Å². The molecule has 1 aromatic carbocycles. The first-order valence-corrected chi connectivity index (χ1v) is 11.5. The topological polar surface area (TPSA) is 57.7 Å². The molecule has 6 heteroatoms. The van der Waals surface area contributed by atoms with Gasteiger partial charge in [-0.3, -0.25) is 9.69 Å². The summed E-state index contributed by atoms with van der Waals surface area (Å²) in [7, 11) is -3.09. The Labute approximate surface area is 156 Å². The Kier molecular flexibility index (Phi) is 4.59. The summed E-state index contributed by atoms with van der Waals surface area (Å²) < 4.78 is 24.7. The highest BCUT2D eigenvalue weighted by Crippen LogP contribution is 2.34. The monoisotopic (exact) mass is 376 g/mol. The van der Waals surface area contributed by atoms with Crippen molar-refractivity contribution in [2.45, 2.75) is 51.7 Å². The highest BCUT2D eigenvalue weighted by Gasteiger charge is 2.49. The first-order valence-electron chi connectivity index (χ1n) is 9.64. The first-order chi connectivity index (χ1) is 12.3.